The molecule has 0 fully saturated rings. The maximum Gasteiger partial charge on any atom is 0.239 e. The molecular formula is C44H36N3O3S3+. The van der Waals surface area contributed by atoms with Gasteiger partial charge in [-0.05, 0) is 60.2 Å². The highest BCUT2D eigenvalue weighted by molar-refractivity contribution is 7.18. The van der Waals surface area contributed by atoms with E-state index in [-0.39, 0.29) is 0 Å². The molecule has 0 saturated carbocycles. The second-order valence-corrected chi connectivity index (χ2v) is 15.3. The number of hydrogen-bond donors (Lipinski definition) is 0. The Balaban J connectivity index is 1.08. The van der Waals surface area contributed by atoms with Crippen LogP contribution in [-0.2, 0) is 0 Å². The standard InChI is InChI=1S/C44H36N3O3S3/c1-47(2)35-21-18-30(36(28-35)48-3)19-22-37-43-44(50-25-24-49-43)38(51-37)23-20-34-17-16-33(41-42(34)46-53-45-41)15-14-29-26-39(31-10-6-4-7-11-31)52-40(27-29)32-12-8-5-9-13-32/h4-23,26-28H,24-25H2,1-3H3/q+1/b22-19+. The van der Waals surface area contributed by atoms with Gasteiger partial charge in [-0.25, -0.2) is 0 Å². The molecule has 4 heterocycles. The minimum Gasteiger partial charge on any atom is -0.496 e. The van der Waals surface area contributed by atoms with Gasteiger partial charge in [0, 0.05) is 65.8 Å². The van der Waals surface area contributed by atoms with E-state index in [4.69, 9.17) is 23.0 Å². The highest BCUT2D eigenvalue weighted by Crippen LogP contribution is 2.46. The molecule has 6 nitrogen and oxygen atoms in total. The first kappa shape index (κ1) is 34.5. The van der Waals surface area contributed by atoms with Gasteiger partial charge in [0.2, 0.25) is 21.1 Å². The molecule has 0 saturated heterocycles. The van der Waals surface area contributed by atoms with Crippen LogP contribution in [0, 0.1) is 0 Å². The molecule has 0 amide bonds. The predicted octanol–water partition coefficient (Wildman–Crippen LogP) is 11.8. The van der Waals surface area contributed by atoms with Crippen LogP contribution >= 0.6 is 34.4 Å². The van der Waals surface area contributed by atoms with E-state index in [1.54, 1.807) is 29.8 Å². The molecule has 4 aromatic carbocycles. The van der Waals surface area contributed by atoms with Gasteiger partial charge in [0.1, 0.15) is 30.0 Å². The molecule has 0 spiro atoms. The van der Waals surface area contributed by atoms with Crippen molar-refractivity contribution in [2.24, 2.45) is 0 Å². The number of nitrogens with zero attached hydrogens (tertiary/aromatic N) is 3. The second kappa shape index (κ2) is 15.6. The summed E-state index contributed by atoms with van der Waals surface area (Å²) in [5, 5.41) is 0. The first-order valence-corrected chi connectivity index (χ1v) is 19.6. The first-order valence-electron chi connectivity index (χ1n) is 17.2. The number of anilines is 1. The van der Waals surface area contributed by atoms with Gasteiger partial charge < -0.3 is 19.1 Å². The topological polar surface area (TPSA) is 56.7 Å². The van der Waals surface area contributed by atoms with Crippen LogP contribution in [0.2, 0.25) is 0 Å². The minimum absolute atomic E-state index is 0.511. The maximum atomic E-state index is 6.14. The molecule has 0 N–H and O–H groups in total. The van der Waals surface area contributed by atoms with Gasteiger partial charge in [-0.3, -0.25) is 0 Å². The van der Waals surface area contributed by atoms with Crippen molar-refractivity contribution in [2.75, 3.05) is 39.3 Å². The van der Waals surface area contributed by atoms with Crippen molar-refractivity contribution in [2.45, 2.75) is 0 Å². The Kier molecular flexibility index (Phi) is 10.1. The normalized spacial score (nSPS) is 12.7. The molecule has 0 atom stereocenters. The Hall–Kier alpha value is -5.61. The van der Waals surface area contributed by atoms with Crippen LogP contribution in [0.1, 0.15) is 32.0 Å². The molecule has 0 aliphatic carbocycles. The molecule has 1 aliphatic heterocycles. The van der Waals surface area contributed by atoms with Crippen molar-refractivity contribution in [3.63, 3.8) is 0 Å². The van der Waals surface area contributed by atoms with Crippen LogP contribution in [0.25, 0.3) is 68.4 Å². The molecule has 8 rings (SSSR count). The molecule has 0 unspecified atom stereocenters. The highest BCUT2D eigenvalue weighted by Gasteiger charge is 2.23. The number of rotatable bonds is 10. The van der Waals surface area contributed by atoms with Crippen LogP contribution in [0.4, 0.5) is 5.69 Å². The van der Waals surface area contributed by atoms with Crippen molar-refractivity contribution in [3.8, 4) is 38.1 Å². The Morgan fingerprint density at radius 1 is 0.642 bits per heavy atom. The number of hydrogen-bond acceptors (Lipinski definition) is 8. The van der Waals surface area contributed by atoms with E-state index < -0.39 is 0 Å². The number of thiophene rings is 1. The minimum atomic E-state index is 0.511. The average molecular weight is 751 g/mol. The average Bonchev–Trinajstić information content (AvgIpc) is 3.85. The van der Waals surface area contributed by atoms with Crippen molar-refractivity contribution >= 4 is 87.6 Å². The summed E-state index contributed by atoms with van der Waals surface area (Å²) in [6, 6.07) is 36.0. The fourth-order valence-corrected chi connectivity index (χ4v) is 8.85. The third-order valence-corrected chi connectivity index (χ3v) is 11.6. The zero-order valence-electron chi connectivity index (χ0n) is 29.5. The summed E-state index contributed by atoms with van der Waals surface area (Å²) in [5.41, 5.74) is 9.36. The lowest BCUT2D eigenvalue weighted by atomic mass is 10.1. The van der Waals surface area contributed by atoms with E-state index in [2.05, 4.69) is 138 Å². The summed E-state index contributed by atoms with van der Waals surface area (Å²) in [6.45, 7) is 1.02. The third-order valence-electron chi connectivity index (χ3n) is 8.88. The number of ether oxygens (including phenoxy) is 3. The summed E-state index contributed by atoms with van der Waals surface area (Å²) >= 11 is 4.66. The largest absolute Gasteiger partial charge is 0.496 e. The van der Waals surface area contributed by atoms with E-state index in [0.29, 0.717) is 13.2 Å². The second-order valence-electron chi connectivity index (χ2n) is 12.6. The van der Waals surface area contributed by atoms with Crippen LogP contribution < -0.4 is 19.1 Å². The lowest BCUT2D eigenvalue weighted by molar-refractivity contribution is 0.173. The molecule has 7 aromatic rings. The molecule has 1 aliphatic rings. The molecule has 262 valence electrons. The lowest BCUT2D eigenvalue weighted by Gasteiger charge is -2.16. The first-order chi connectivity index (χ1) is 26.0. The molecular weight excluding hydrogens is 715 g/mol. The third kappa shape index (κ3) is 7.50. The Morgan fingerprint density at radius 3 is 1.72 bits per heavy atom. The Bertz CT molecular complexity index is 2430. The highest BCUT2D eigenvalue weighted by atomic mass is 32.1. The van der Waals surface area contributed by atoms with Gasteiger partial charge in [-0.2, -0.15) is 8.75 Å². The van der Waals surface area contributed by atoms with Crippen LogP contribution in [0.15, 0.2) is 103 Å². The number of fused-ring (bicyclic) bond motifs is 2. The fourth-order valence-electron chi connectivity index (χ4n) is 6.13. The number of methoxy groups -OCH3 is 1. The predicted molar refractivity (Wildman–Crippen MR) is 226 cm³/mol. The van der Waals surface area contributed by atoms with Crippen molar-refractivity contribution < 1.29 is 14.2 Å². The van der Waals surface area contributed by atoms with Crippen LogP contribution in [0.5, 0.6) is 17.2 Å². The zero-order valence-corrected chi connectivity index (χ0v) is 31.9. The van der Waals surface area contributed by atoms with Crippen molar-refractivity contribution in [3.05, 3.63) is 135 Å². The fraction of sp³-hybridized carbons (Fsp3) is 0.114. The molecule has 9 heteroatoms. The molecule has 53 heavy (non-hydrogen) atoms. The Labute approximate surface area is 321 Å². The van der Waals surface area contributed by atoms with E-state index in [1.807, 2.05) is 20.2 Å². The van der Waals surface area contributed by atoms with Gasteiger partial charge in [0.15, 0.2) is 11.5 Å². The molecule has 3 aromatic heterocycles. The van der Waals surface area contributed by atoms with E-state index in [1.165, 1.54) is 32.6 Å². The summed E-state index contributed by atoms with van der Waals surface area (Å²) in [4.78, 5) is 6.47. The summed E-state index contributed by atoms with van der Waals surface area (Å²) in [5.74, 6) is 2.36. The smallest absolute Gasteiger partial charge is 0.239 e. The summed E-state index contributed by atoms with van der Waals surface area (Å²) in [7, 11) is 5.74. The molecule has 0 radical (unpaired) electrons. The van der Waals surface area contributed by atoms with Gasteiger partial charge in [-0.15, -0.1) is 11.3 Å². The number of benzene rings is 4. The molecule has 0 bridgehead atoms. The summed E-state index contributed by atoms with van der Waals surface area (Å²) < 4.78 is 27.4. The monoisotopic (exact) mass is 750 g/mol. The van der Waals surface area contributed by atoms with Crippen molar-refractivity contribution in [1.82, 2.24) is 8.75 Å². The lowest BCUT2D eigenvalue weighted by Crippen LogP contribution is -2.14. The van der Waals surface area contributed by atoms with Gasteiger partial charge in [0.25, 0.3) is 0 Å². The Morgan fingerprint density at radius 2 is 1.17 bits per heavy atom. The summed E-state index contributed by atoms with van der Waals surface area (Å²) in [6.07, 6.45) is 12.6. The van der Waals surface area contributed by atoms with Crippen LogP contribution in [-0.4, -0.2) is 43.2 Å². The maximum absolute atomic E-state index is 6.14. The van der Waals surface area contributed by atoms with Gasteiger partial charge in [0.05, 0.1) is 28.6 Å². The quantitative estimate of drug-likeness (QED) is 0.130. The van der Waals surface area contributed by atoms with E-state index >= 15 is 0 Å². The zero-order chi connectivity index (χ0) is 36.1. The van der Waals surface area contributed by atoms with E-state index in [9.17, 15) is 0 Å². The van der Waals surface area contributed by atoms with Gasteiger partial charge in [-0.1, -0.05) is 66.8 Å². The number of aromatic nitrogens is 2. The van der Waals surface area contributed by atoms with Crippen LogP contribution in [0.3, 0.4) is 0 Å². The van der Waals surface area contributed by atoms with Gasteiger partial charge >= 0.3 is 0 Å². The SMILES string of the molecule is COc1cc(N(C)C)ccc1/C=C/c1sc(/C=C/c2ccc(/C=C/c3cc(-c4ccccc4)[s+]c(-c4ccccc4)c3)c3nsnc23)c2c1OCCO2. The van der Waals surface area contributed by atoms with E-state index in [0.717, 1.165) is 66.0 Å². The van der Waals surface area contributed by atoms with Crippen molar-refractivity contribution in [1.29, 1.82) is 0 Å².